The standard InChI is InChI=1S/C21H23N3O6/c1-14-11-15-5-3-4-6-19(15)23(14)20(25)13-30-21(26)17-12-16(24(27)28)7-8-18(17)22-9-10-29-2/h3-8,12,14,22H,9-11,13H2,1-2H3. The van der Waals surface area contributed by atoms with Crippen molar-refractivity contribution in [2.24, 2.45) is 0 Å². The Bertz CT molecular complexity index is 962. The van der Waals surface area contributed by atoms with Gasteiger partial charge in [0.15, 0.2) is 6.61 Å². The second kappa shape index (κ2) is 9.36. The molecule has 0 fully saturated rings. The molecule has 0 radical (unpaired) electrons. The number of fused-ring (bicyclic) bond motifs is 1. The number of rotatable bonds is 8. The molecule has 9 nitrogen and oxygen atoms in total. The number of carbonyl (C=O) groups is 2. The molecule has 3 rings (SSSR count). The van der Waals surface area contributed by atoms with Crippen LogP contribution in [0.25, 0.3) is 0 Å². The van der Waals surface area contributed by atoms with Crippen LogP contribution in [0, 0.1) is 10.1 Å². The molecule has 1 unspecified atom stereocenters. The number of non-ortho nitro benzene ring substituents is 1. The second-order valence-corrected chi connectivity index (χ2v) is 6.93. The van der Waals surface area contributed by atoms with Gasteiger partial charge in [0.25, 0.3) is 11.6 Å². The first-order valence-corrected chi connectivity index (χ1v) is 9.50. The molecule has 1 aliphatic rings. The van der Waals surface area contributed by atoms with Crippen LogP contribution in [-0.2, 0) is 20.7 Å². The zero-order valence-corrected chi connectivity index (χ0v) is 16.8. The van der Waals surface area contributed by atoms with E-state index in [4.69, 9.17) is 9.47 Å². The molecule has 0 bridgehead atoms. The van der Waals surface area contributed by atoms with Crippen LogP contribution in [0.4, 0.5) is 17.1 Å². The van der Waals surface area contributed by atoms with Crippen molar-refractivity contribution in [2.45, 2.75) is 19.4 Å². The van der Waals surface area contributed by atoms with Crippen LogP contribution in [0.1, 0.15) is 22.8 Å². The number of nitro benzene ring substituents is 1. The van der Waals surface area contributed by atoms with Crippen molar-refractivity contribution in [1.29, 1.82) is 0 Å². The summed E-state index contributed by atoms with van der Waals surface area (Å²) in [6, 6.07) is 11.4. The number of amides is 1. The summed E-state index contributed by atoms with van der Waals surface area (Å²) < 4.78 is 10.2. The predicted octanol–water partition coefficient (Wildman–Crippen LogP) is 2.79. The Morgan fingerprint density at radius 3 is 2.77 bits per heavy atom. The molecule has 0 spiro atoms. The lowest BCUT2D eigenvalue weighted by atomic mass is 10.1. The quantitative estimate of drug-likeness (QED) is 0.307. The van der Waals surface area contributed by atoms with Gasteiger partial charge in [-0.1, -0.05) is 18.2 Å². The van der Waals surface area contributed by atoms with Crippen LogP contribution in [0.5, 0.6) is 0 Å². The van der Waals surface area contributed by atoms with Crippen LogP contribution < -0.4 is 10.2 Å². The number of esters is 1. The van der Waals surface area contributed by atoms with Gasteiger partial charge >= 0.3 is 5.97 Å². The third kappa shape index (κ3) is 4.57. The Morgan fingerprint density at radius 2 is 2.03 bits per heavy atom. The lowest BCUT2D eigenvalue weighted by Gasteiger charge is -2.22. The highest BCUT2D eigenvalue weighted by atomic mass is 16.6. The Morgan fingerprint density at radius 1 is 1.27 bits per heavy atom. The predicted molar refractivity (Wildman–Crippen MR) is 111 cm³/mol. The number of hydrogen-bond donors (Lipinski definition) is 1. The highest BCUT2D eigenvalue weighted by molar-refractivity contribution is 6.01. The van der Waals surface area contributed by atoms with Gasteiger partial charge in [0.1, 0.15) is 0 Å². The topological polar surface area (TPSA) is 111 Å². The number of nitro groups is 1. The molecule has 1 amide bonds. The summed E-state index contributed by atoms with van der Waals surface area (Å²) in [5, 5.41) is 14.1. The maximum Gasteiger partial charge on any atom is 0.341 e. The molecule has 1 atom stereocenters. The van der Waals surface area contributed by atoms with Crippen molar-refractivity contribution in [3.63, 3.8) is 0 Å². The molecule has 2 aromatic rings. The number of hydrogen-bond acceptors (Lipinski definition) is 7. The van der Waals surface area contributed by atoms with Gasteiger partial charge < -0.3 is 19.7 Å². The number of para-hydroxylation sites is 1. The first kappa shape index (κ1) is 21.3. The Kier molecular flexibility index (Phi) is 6.63. The molecular weight excluding hydrogens is 390 g/mol. The third-order valence-electron chi connectivity index (χ3n) is 4.86. The monoisotopic (exact) mass is 413 g/mol. The number of methoxy groups -OCH3 is 1. The number of anilines is 2. The molecular formula is C21H23N3O6. The van der Waals surface area contributed by atoms with Crippen molar-refractivity contribution in [2.75, 3.05) is 37.1 Å². The van der Waals surface area contributed by atoms with Crippen LogP contribution in [0.2, 0.25) is 0 Å². The van der Waals surface area contributed by atoms with Gasteiger partial charge in [-0.05, 0) is 31.0 Å². The molecule has 2 aromatic carbocycles. The van der Waals surface area contributed by atoms with E-state index in [9.17, 15) is 19.7 Å². The second-order valence-electron chi connectivity index (χ2n) is 6.93. The molecule has 1 N–H and O–H groups in total. The molecule has 30 heavy (non-hydrogen) atoms. The van der Waals surface area contributed by atoms with Crippen LogP contribution in [-0.4, -0.2) is 49.7 Å². The average molecular weight is 413 g/mol. The van der Waals surface area contributed by atoms with Gasteiger partial charge in [-0.25, -0.2) is 4.79 Å². The van der Waals surface area contributed by atoms with Crippen LogP contribution in [0.3, 0.4) is 0 Å². The van der Waals surface area contributed by atoms with Crippen molar-refractivity contribution in [3.8, 4) is 0 Å². The molecule has 158 valence electrons. The van der Waals surface area contributed by atoms with Gasteiger partial charge in [0.2, 0.25) is 0 Å². The molecule has 9 heteroatoms. The molecule has 1 aliphatic heterocycles. The minimum Gasteiger partial charge on any atom is -0.452 e. The van der Waals surface area contributed by atoms with E-state index in [1.54, 1.807) is 4.90 Å². The number of nitrogens with one attached hydrogen (secondary N) is 1. The Labute approximate surface area is 173 Å². The highest BCUT2D eigenvalue weighted by Crippen LogP contribution is 2.32. The Balaban J connectivity index is 1.73. The van der Waals surface area contributed by atoms with Crippen molar-refractivity contribution >= 4 is 28.9 Å². The van der Waals surface area contributed by atoms with Crippen molar-refractivity contribution in [3.05, 3.63) is 63.7 Å². The summed E-state index contributed by atoms with van der Waals surface area (Å²) in [6.45, 7) is 2.25. The first-order valence-electron chi connectivity index (χ1n) is 9.50. The maximum absolute atomic E-state index is 12.7. The molecule has 0 saturated carbocycles. The summed E-state index contributed by atoms with van der Waals surface area (Å²) in [5.41, 5.74) is 1.99. The molecule has 0 aliphatic carbocycles. The zero-order valence-electron chi connectivity index (χ0n) is 16.8. The van der Waals surface area contributed by atoms with E-state index in [1.807, 2.05) is 31.2 Å². The minimum atomic E-state index is -0.813. The summed E-state index contributed by atoms with van der Waals surface area (Å²) in [6.07, 6.45) is 0.730. The van der Waals surface area contributed by atoms with Gasteiger partial charge in [0.05, 0.1) is 17.1 Å². The van der Waals surface area contributed by atoms with Crippen molar-refractivity contribution in [1.82, 2.24) is 0 Å². The maximum atomic E-state index is 12.7. The highest BCUT2D eigenvalue weighted by Gasteiger charge is 2.31. The SMILES string of the molecule is COCCNc1ccc([N+](=O)[O-])cc1C(=O)OCC(=O)N1c2ccccc2CC1C. The zero-order chi connectivity index (χ0) is 21.7. The van der Waals surface area contributed by atoms with E-state index in [2.05, 4.69) is 5.32 Å². The van der Waals surface area contributed by atoms with Gasteiger partial charge in [0, 0.05) is 43.2 Å². The summed E-state index contributed by atoms with van der Waals surface area (Å²) in [7, 11) is 1.54. The number of nitrogens with zero attached hydrogens (tertiary/aromatic N) is 2. The fraction of sp³-hybridized carbons (Fsp3) is 0.333. The largest absolute Gasteiger partial charge is 0.452 e. The van der Waals surface area contributed by atoms with Crippen LogP contribution in [0.15, 0.2) is 42.5 Å². The summed E-state index contributed by atoms with van der Waals surface area (Å²) in [4.78, 5) is 37.5. The van der Waals surface area contributed by atoms with Crippen LogP contribution >= 0.6 is 0 Å². The summed E-state index contributed by atoms with van der Waals surface area (Å²) >= 11 is 0. The number of carbonyl (C=O) groups excluding carboxylic acids is 2. The number of ether oxygens (including phenoxy) is 2. The molecule has 0 saturated heterocycles. The normalized spacial score (nSPS) is 14.9. The smallest absolute Gasteiger partial charge is 0.341 e. The van der Waals surface area contributed by atoms with E-state index >= 15 is 0 Å². The minimum absolute atomic E-state index is 0.0111. The van der Waals surface area contributed by atoms with Crippen molar-refractivity contribution < 1.29 is 24.0 Å². The number of benzene rings is 2. The van der Waals surface area contributed by atoms with E-state index < -0.39 is 17.5 Å². The fourth-order valence-corrected chi connectivity index (χ4v) is 3.48. The Hall–Kier alpha value is -3.46. The first-order chi connectivity index (χ1) is 14.4. The van der Waals surface area contributed by atoms with Gasteiger partial charge in [-0.2, -0.15) is 0 Å². The fourth-order valence-electron chi connectivity index (χ4n) is 3.48. The third-order valence-corrected chi connectivity index (χ3v) is 4.86. The molecule has 0 aromatic heterocycles. The average Bonchev–Trinajstić information content (AvgIpc) is 3.07. The van der Waals surface area contributed by atoms with Gasteiger partial charge in [-0.15, -0.1) is 0 Å². The lowest BCUT2D eigenvalue weighted by Crippen LogP contribution is -2.38. The van der Waals surface area contributed by atoms with Gasteiger partial charge in [-0.3, -0.25) is 14.9 Å². The molecule has 1 heterocycles. The summed E-state index contributed by atoms with van der Waals surface area (Å²) in [5.74, 6) is -1.16. The van der Waals surface area contributed by atoms with E-state index in [-0.39, 0.29) is 23.2 Å². The van der Waals surface area contributed by atoms with E-state index in [0.29, 0.717) is 18.8 Å². The van der Waals surface area contributed by atoms with E-state index in [0.717, 1.165) is 23.7 Å². The van der Waals surface area contributed by atoms with E-state index in [1.165, 1.54) is 19.2 Å². The lowest BCUT2D eigenvalue weighted by molar-refractivity contribution is -0.384.